The van der Waals surface area contributed by atoms with Crippen LogP contribution in [-0.4, -0.2) is 8.42 Å². The van der Waals surface area contributed by atoms with E-state index >= 15 is 0 Å². The maximum atomic E-state index is 12.0. The van der Waals surface area contributed by atoms with Gasteiger partial charge in [0, 0.05) is 5.69 Å². The maximum Gasteiger partial charge on any atom is 0.255 e. The molecule has 0 spiro atoms. The molecule has 2 aromatic rings. The molecule has 0 aliphatic heterocycles. The molecule has 0 fully saturated rings. The number of nitrogens with one attached hydrogen (secondary N) is 1. The van der Waals surface area contributed by atoms with E-state index in [1.165, 1.54) is 18.2 Å². The lowest BCUT2D eigenvalue weighted by atomic mass is 10.2. The Balaban J connectivity index is 2.22. The summed E-state index contributed by atoms with van der Waals surface area (Å²) in [5.41, 5.74) is 12.8. The second-order valence-electron chi connectivity index (χ2n) is 4.47. The highest BCUT2D eigenvalue weighted by Crippen LogP contribution is 2.24. The van der Waals surface area contributed by atoms with E-state index < -0.39 is 10.0 Å². The number of nitrogen functional groups attached to an aromatic ring is 2. The van der Waals surface area contributed by atoms with Crippen LogP contribution in [0.2, 0.25) is 10.0 Å². The van der Waals surface area contributed by atoms with Crippen molar-refractivity contribution >= 4 is 56.4 Å². The van der Waals surface area contributed by atoms with E-state index in [9.17, 15) is 8.42 Å². The number of nitrogens with two attached hydrogens (primary N) is 2. The molecule has 0 aliphatic rings. The molecule has 8 heteroatoms. The van der Waals surface area contributed by atoms with Gasteiger partial charge in [-0.15, -0.1) is 0 Å². The largest absolute Gasteiger partial charge is 0.399 e. The van der Waals surface area contributed by atoms with Gasteiger partial charge < -0.3 is 11.5 Å². The zero-order valence-corrected chi connectivity index (χ0v) is 13.6. The minimum Gasteiger partial charge on any atom is -0.399 e. The quantitative estimate of drug-likeness (QED) is 0.728. The van der Waals surface area contributed by atoms with Crippen LogP contribution in [0.15, 0.2) is 41.8 Å². The Hall–Kier alpha value is -1.89. The first-order chi connectivity index (χ1) is 10.3. The minimum atomic E-state index is -3.74. The van der Waals surface area contributed by atoms with Crippen LogP contribution in [0, 0.1) is 0 Å². The number of rotatable bonds is 4. The monoisotopic (exact) mass is 357 g/mol. The average Bonchev–Trinajstić information content (AvgIpc) is 2.44. The summed E-state index contributed by atoms with van der Waals surface area (Å²) in [4.78, 5) is 0. The smallest absolute Gasteiger partial charge is 0.255 e. The molecule has 5 nitrogen and oxygen atoms in total. The number of hydrogen-bond donors (Lipinski definition) is 3. The van der Waals surface area contributed by atoms with Crippen molar-refractivity contribution in [1.82, 2.24) is 0 Å². The molecule has 0 amide bonds. The van der Waals surface area contributed by atoms with Gasteiger partial charge in [0.1, 0.15) is 0 Å². The zero-order valence-electron chi connectivity index (χ0n) is 11.3. The van der Waals surface area contributed by atoms with Crippen molar-refractivity contribution in [1.29, 1.82) is 0 Å². The fraction of sp³-hybridized carbons (Fsp3) is 0. The van der Waals surface area contributed by atoms with E-state index in [2.05, 4.69) is 4.72 Å². The summed E-state index contributed by atoms with van der Waals surface area (Å²) in [6, 6.07) is 9.34. The molecule has 0 atom stereocenters. The van der Waals surface area contributed by atoms with E-state index in [1.807, 2.05) is 0 Å². The zero-order chi connectivity index (χ0) is 16.3. The SMILES string of the molecule is Nc1ccc(N)c(NS(=O)(=O)/C=C/c2ccc(Cl)c(Cl)c2)c1. The lowest BCUT2D eigenvalue weighted by Gasteiger charge is -2.08. The molecular weight excluding hydrogens is 345 g/mol. The van der Waals surface area contributed by atoms with Crippen LogP contribution in [0.4, 0.5) is 17.1 Å². The topological polar surface area (TPSA) is 98.2 Å². The molecule has 0 aromatic heterocycles. The lowest BCUT2D eigenvalue weighted by molar-refractivity contribution is 0.609. The highest BCUT2D eigenvalue weighted by atomic mass is 35.5. The van der Waals surface area contributed by atoms with E-state index in [0.29, 0.717) is 21.3 Å². The fourth-order valence-electron chi connectivity index (χ4n) is 1.63. The van der Waals surface area contributed by atoms with Gasteiger partial charge in [0.15, 0.2) is 0 Å². The number of halogens is 2. The maximum absolute atomic E-state index is 12.0. The van der Waals surface area contributed by atoms with Gasteiger partial charge in [0.2, 0.25) is 0 Å². The summed E-state index contributed by atoms with van der Waals surface area (Å²) in [5.74, 6) is 0. The molecule has 5 N–H and O–H groups in total. The summed E-state index contributed by atoms with van der Waals surface area (Å²) >= 11 is 11.7. The van der Waals surface area contributed by atoms with Gasteiger partial charge in [0.25, 0.3) is 10.0 Å². The van der Waals surface area contributed by atoms with Crippen LogP contribution in [0.3, 0.4) is 0 Å². The molecule has 2 aromatic carbocycles. The first-order valence-electron chi connectivity index (χ1n) is 6.08. The Kier molecular flexibility index (Phi) is 4.85. The molecule has 0 heterocycles. The van der Waals surface area contributed by atoms with E-state index in [0.717, 1.165) is 5.41 Å². The number of sulfonamides is 1. The van der Waals surface area contributed by atoms with Crippen molar-refractivity contribution in [2.75, 3.05) is 16.2 Å². The van der Waals surface area contributed by atoms with Crippen molar-refractivity contribution in [3.63, 3.8) is 0 Å². The molecule has 0 aliphatic carbocycles. The molecule has 0 saturated carbocycles. The van der Waals surface area contributed by atoms with Crippen LogP contribution in [0.5, 0.6) is 0 Å². The predicted molar refractivity (Wildman–Crippen MR) is 93.3 cm³/mol. The first kappa shape index (κ1) is 16.5. The summed E-state index contributed by atoms with van der Waals surface area (Å²) in [6.07, 6.45) is 1.40. The number of benzene rings is 2. The fourth-order valence-corrected chi connectivity index (χ4v) is 2.83. The van der Waals surface area contributed by atoms with E-state index in [1.54, 1.807) is 24.3 Å². The summed E-state index contributed by atoms with van der Waals surface area (Å²) in [6.45, 7) is 0. The Morgan fingerprint density at radius 1 is 1.00 bits per heavy atom. The molecule has 0 saturated heterocycles. The van der Waals surface area contributed by atoms with Gasteiger partial charge in [-0.2, -0.15) is 0 Å². The molecule has 116 valence electrons. The Labute approximate surface area is 138 Å². The molecule has 0 unspecified atom stereocenters. The van der Waals surface area contributed by atoms with Crippen molar-refractivity contribution < 1.29 is 8.42 Å². The van der Waals surface area contributed by atoms with Crippen LogP contribution < -0.4 is 16.2 Å². The minimum absolute atomic E-state index is 0.221. The average molecular weight is 358 g/mol. The number of hydrogen-bond acceptors (Lipinski definition) is 4. The van der Waals surface area contributed by atoms with Crippen molar-refractivity contribution in [3.05, 3.63) is 57.4 Å². The summed E-state index contributed by atoms with van der Waals surface area (Å²) in [7, 11) is -3.74. The van der Waals surface area contributed by atoms with Crippen LogP contribution >= 0.6 is 23.2 Å². The summed E-state index contributed by atoms with van der Waals surface area (Å²) < 4.78 is 26.4. The van der Waals surface area contributed by atoms with E-state index in [4.69, 9.17) is 34.7 Å². The Bertz CT molecular complexity index is 836. The van der Waals surface area contributed by atoms with Gasteiger partial charge in [0.05, 0.1) is 26.8 Å². The molecular formula is C14H13Cl2N3O2S. The Morgan fingerprint density at radius 2 is 1.73 bits per heavy atom. The van der Waals surface area contributed by atoms with Crippen LogP contribution in [-0.2, 0) is 10.0 Å². The van der Waals surface area contributed by atoms with Gasteiger partial charge in [-0.1, -0.05) is 29.3 Å². The van der Waals surface area contributed by atoms with Crippen molar-refractivity contribution in [2.24, 2.45) is 0 Å². The highest BCUT2D eigenvalue weighted by Gasteiger charge is 2.09. The van der Waals surface area contributed by atoms with E-state index in [-0.39, 0.29) is 11.4 Å². The standard InChI is InChI=1S/C14H13Cl2N3O2S/c15-11-3-1-9(7-12(11)16)5-6-22(20,21)19-14-8-10(17)2-4-13(14)18/h1-8,19H,17-18H2/b6-5+. The molecule has 0 bridgehead atoms. The second-order valence-corrected chi connectivity index (χ2v) is 6.85. The summed E-state index contributed by atoms with van der Waals surface area (Å²) in [5, 5.41) is 1.75. The third-order valence-electron chi connectivity index (χ3n) is 2.71. The third-order valence-corrected chi connectivity index (χ3v) is 4.45. The Morgan fingerprint density at radius 3 is 2.41 bits per heavy atom. The van der Waals surface area contributed by atoms with Gasteiger partial charge in [-0.05, 0) is 42.0 Å². The van der Waals surface area contributed by atoms with Gasteiger partial charge >= 0.3 is 0 Å². The molecule has 22 heavy (non-hydrogen) atoms. The molecule has 0 radical (unpaired) electrons. The lowest BCUT2D eigenvalue weighted by Crippen LogP contribution is -2.10. The normalized spacial score (nSPS) is 11.7. The predicted octanol–water partition coefficient (Wildman–Crippen LogP) is 3.57. The van der Waals surface area contributed by atoms with Crippen molar-refractivity contribution in [3.8, 4) is 0 Å². The second kappa shape index (κ2) is 6.48. The first-order valence-corrected chi connectivity index (χ1v) is 8.38. The van der Waals surface area contributed by atoms with Crippen molar-refractivity contribution in [2.45, 2.75) is 0 Å². The highest BCUT2D eigenvalue weighted by molar-refractivity contribution is 7.95. The number of anilines is 3. The van der Waals surface area contributed by atoms with Gasteiger partial charge in [-0.25, -0.2) is 8.42 Å². The van der Waals surface area contributed by atoms with Crippen LogP contribution in [0.1, 0.15) is 5.56 Å². The van der Waals surface area contributed by atoms with Gasteiger partial charge in [-0.3, -0.25) is 4.72 Å². The molecule has 2 rings (SSSR count). The third kappa shape index (κ3) is 4.30. The van der Waals surface area contributed by atoms with Crippen LogP contribution in [0.25, 0.3) is 6.08 Å².